The Bertz CT molecular complexity index is 477. The Kier molecular flexibility index (Phi) is 5.59. The molecule has 1 aromatic carbocycles. The van der Waals surface area contributed by atoms with E-state index < -0.39 is 0 Å². The summed E-state index contributed by atoms with van der Waals surface area (Å²) < 4.78 is 0. The van der Waals surface area contributed by atoms with Gasteiger partial charge in [0.2, 0.25) is 0 Å². The third-order valence-electron chi connectivity index (χ3n) is 4.12. The third-order valence-corrected chi connectivity index (χ3v) is 4.12. The molecule has 0 aliphatic carbocycles. The van der Waals surface area contributed by atoms with E-state index in [0.29, 0.717) is 5.92 Å². The molecule has 21 heavy (non-hydrogen) atoms. The zero-order valence-electron chi connectivity index (χ0n) is 13.1. The number of rotatable bonds is 5. The van der Waals surface area contributed by atoms with E-state index in [0.717, 1.165) is 37.3 Å². The van der Waals surface area contributed by atoms with Crippen molar-refractivity contribution in [3.05, 3.63) is 29.8 Å². The molecule has 2 amide bonds. The molecule has 3 N–H and O–H groups in total. The molecule has 0 spiro atoms. The number of amides is 2. The van der Waals surface area contributed by atoms with Crippen LogP contribution in [0.5, 0.6) is 0 Å². The van der Waals surface area contributed by atoms with Gasteiger partial charge in [-0.05, 0) is 57.6 Å². The first-order valence-electron chi connectivity index (χ1n) is 7.59. The lowest BCUT2D eigenvalue weighted by Gasteiger charge is -2.14. The molecule has 1 saturated heterocycles. The van der Waals surface area contributed by atoms with Crippen molar-refractivity contribution >= 4 is 11.7 Å². The van der Waals surface area contributed by atoms with E-state index in [-0.39, 0.29) is 12.1 Å². The first kappa shape index (κ1) is 15.8. The molecular weight excluding hydrogens is 264 g/mol. The molecule has 0 bridgehead atoms. The number of benzene rings is 1. The molecule has 5 nitrogen and oxygen atoms in total. The van der Waals surface area contributed by atoms with Gasteiger partial charge in [0.25, 0.3) is 0 Å². The Morgan fingerprint density at radius 2 is 2.29 bits per heavy atom. The molecule has 116 valence electrons. The van der Waals surface area contributed by atoms with Gasteiger partial charge >= 0.3 is 6.03 Å². The standard InChI is InChI=1S/C16H26N4O/c1-12(17-2)14-5-4-6-15(9-14)19-16(21)18-10-13-7-8-20(3)11-13/h4-6,9,12-13,17H,7-8,10-11H2,1-3H3,(H2,18,19,21). The van der Waals surface area contributed by atoms with Crippen LogP contribution in [-0.2, 0) is 0 Å². The van der Waals surface area contributed by atoms with Gasteiger partial charge in [0.15, 0.2) is 0 Å². The summed E-state index contributed by atoms with van der Waals surface area (Å²) in [6, 6.07) is 8.07. The second kappa shape index (κ2) is 7.43. The van der Waals surface area contributed by atoms with Gasteiger partial charge < -0.3 is 20.9 Å². The van der Waals surface area contributed by atoms with E-state index >= 15 is 0 Å². The molecule has 1 fully saturated rings. The Balaban J connectivity index is 1.82. The second-order valence-electron chi connectivity index (χ2n) is 5.89. The van der Waals surface area contributed by atoms with Gasteiger partial charge in [-0.2, -0.15) is 0 Å². The lowest BCUT2D eigenvalue weighted by Crippen LogP contribution is -2.33. The van der Waals surface area contributed by atoms with Crippen molar-refractivity contribution < 1.29 is 4.79 Å². The topological polar surface area (TPSA) is 56.4 Å². The molecular formula is C16H26N4O. The molecule has 0 saturated carbocycles. The maximum Gasteiger partial charge on any atom is 0.319 e. The molecule has 1 aromatic rings. The number of hydrogen-bond donors (Lipinski definition) is 3. The molecule has 0 radical (unpaired) electrons. The summed E-state index contributed by atoms with van der Waals surface area (Å²) in [4.78, 5) is 14.2. The summed E-state index contributed by atoms with van der Waals surface area (Å²) in [7, 11) is 4.05. The van der Waals surface area contributed by atoms with Crippen LogP contribution in [0.15, 0.2) is 24.3 Å². The predicted molar refractivity (Wildman–Crippen MR) is 86.5 cm³/mol. The van der Waals surface area contributed by atoms with Crippen LogP contribution in [0.25, 0.3) is 0 Å². The number of carbonyl (C=O) groups excluding carboxylic acids is 1. The lowest BCUT2D eigenvalue weighted by atomic mass is 10.1. The smallest absolute Gasteiger partial charge is 0.319 e. The highest BCUT2D eigenvalue weighted by Crippen LogP contribution is 2.17. The fraction of sp³-hybridized carbons (Fsp3) is 0.562. The Morgan fingerprint density at radius 1 is 1.48 bits per heavy atom. The summed E-state index contributed by atoms with van der Waals surface area (Å²) >= 11 is 0. The Labute approximate surface area is 127 Å². The quantitative estimate of drug-likeness (QED) is 0.778. The van der Waals surface area contributed by atoms with Crippen LogP contribution >= 0.6 is 0 Å². The van der Waals surface area contributed by atoms with E-state index in [1.807, 2.05) is 25.2 Å². The fourth-order valence-electron chi connectivity index (χ4n) is 2.66. The number of carbonyl (C=O) groups is 1. The summed E-state index contributed by atoms with van der Waals surface area (Å²) in [5, 5.41) is 9.06. The lowest BCUT2D eigenvalue weighted by molar-refractivity contribution is 0.250. The largest absolute Gasteiger partial charge is 0.338 e. The summed E-state index contributed by atoms with van der Waals surface area (Å²) in [5.74, 6) is 0.566. The van der Waals surface area contributed by atoms with Crippen molar-refractivity contribution in [2.75, 3.05) is 39.0 Å². The zero-order valence-corrected chi connectivity index (χ0v) is 13.1. The van der Waals surface area contributed by atoms with Crippen LogP contribution in [0.3, 0.4) is 0 Å². The number of nitrogens with zero attached hydrogens (tertiary/aromatic N) is 1. The highest BCUT2D eigenvalue weighted by Gasteiger charge is 2.19. The Hall–Kier alpha value is -1.59. The number of urea groups is 1. The molecule has 2 unspecified atom stereocenters. The van der Waals surface area contributed by atoms with Crippen molar-refractivity contribution in [2.45, 2.75) is 19.4 Å². The van der Waals surface area contributed by atoms with Gasteiger partial charge in [0.1, 0.15) is 0 Å². The van der Waals surface area contributed by atoms with Crippen molar-refractivity contribution in [1.29, 1.82) is 0 Å². The summed E-state index contributed by atoms with van der Waals surface area (Å²) in [6.45, 7) is 5.02. The molecule has 1 aliphatic rings. The molecule has 1 aliphatic heterocycles. The normalized spacial score (nSPS) is 20.2. The molecule has 2 atom stereocenters. The average molecular weight is 290 g/mol. The van der Waals surface area contributed by atoms with Gasteiger partial charge in [0, 0.05) is 24.8 Å². The average Bonchev–Trinajstić information content (AvgIpc) is 2.90. The second-order valence-corrected chi connectivity index (χ2v) is 5.89. The first-order chi connectivity index (χ1) is 10.1. The highest BCUT2D eigenvalue weighted by atomic mass is 16.2. The zero-order chi connectivity index (χ0) is 15.2. The van der Waals surface area contributed by atoms with Gasteiger partial charge in [-0.1, -0.05) is 12.1 Å². The van der Waals surface area contributed by atoms with Crippen LogP contribution in [-0.4, -0.2) is 44.7 Å². The fourth-order valence-corrected chi connectivity index (χ4v) is 2.66. The van der Waals surface area contributed by atoms with Crippen LogP contribution in [0, 0.1) is 5.92 Å². The van der Waals surface area contributed by atoms with Crippen LogP contribution in [0.2, 0.25) is 0 Å². The third kappa shape index (κ3) is 4.72. The number of likely N-dealkylation sites (tertiary alicyclic amines) is 1. The van der Waals surface area contributed by atoms with Gasteiger partial charge in [-0.15, -0.1) is 0 Å². The van der Waals surface area contributed by atoms with Crippen LogP contribution in [0.4, 0.5) is 10.5 Å². The van der Waals surface area contributed by atoms with Crippen molar-refractivity contribution in [3.63, 3.8) is 0 Å². The predicted octanol–water partition coefficient (Wildman–Crippen LogP) is 2.04. The number of nitrogens with one attached hydrogen (secondary N) is 3. The minimum absolute atomic E-state index is 0.126. The molecule has 0 aromatic heterocycles. The maximum absolute atomic E-state index is 11.9. The monoisotopic (exact) mass is 290 g/mol. The van der Waals surface area contributed by atoms with Gasteiger partial charge in [0.05, 0.1) is 0 Å². The number of hydrogen-bond acceptors (Lipinski definition) is 3. The molecule has 2 rings (SSSR count). The van der Waals surface area contributed by atoms with Crippen molar-refractivity contribution in [3.8, 4) is 0 Å². The van der Waals surface area contributed by atoms with E-state index in [4.69, 9.17) is 0 Å². The SMILES string of the molecule is CNC(C)c1cccc(NC(=O)NCC2CCN(C)C2)c1. The maximum atomic E-state index is 11.9. The summed E-state index contributed by atoms with van der Waals surface area (Å²) in [6.07, 6.45) is 1.16. The van der Waals surface area contributed by atoms with Gasteiger partial charge in [-0.3, -0.25) is 0 Å². The van der Waals surface area contributed by atoms with Crippen LogP contribution in [0.1, 0.15) is 24.9 Å². The van der Waals surface area contributed by atoms with E-state index in [9.17, 15) is 4.79 Å². The Morgan fingerprint density at radius 3 is 2.95 bits per heavy atom. The highest BCUT2D eigenvalue weighted by molar-refractivity contribution is 5.89. The van der Waals surface area contributed by atoms with E-state index in [1.165, 1.54) is 0 Å². The molecule has 1 heterocycles. The van der Waals surface area contributed by atoms with Gasteiger partial charge in [-0.25, -0.2) is 4.79 Å². The van der Waals surface area contributed by atoms with Crippen molar-refractivity contribution in [1.82, 2.24) is 15.5 Å². The minimum Gasteiger partial charge on any atom is -0.338 e. The van der Waals surface area contributed by atoms with E-state index in [1.54, 1.807) is 0 Å². The molecule has 5 heteroatoms. The minimum atomic E-state index is -0.126. The van der Waals surface area contributed by atoms with E-state index in [2.05, 4.69) is 40.9 Å². The number of anilines is 1. The van der Waals surface area contributed by atoms with Crippen LogP contribution < -0.4 is 16.0 Å². The van der Waals surface area contributed by atoms with Crippen molar-refractivity contribution in [2.24, 2.45) is 5.92 Å². The summed E-state index contributed by atoms with van der Waals surface area (Å²) in [5.41, 5.74) is 1.99. The first-order valence-corrected chi connectivity index (χ1v) is 7.59.